The van der Waals surface area contributed by atoms with Crippen LogP contribution in [0.25, 0.3) is 60.9 Å². The van der Waals surface area contributed by atoms with Crippen LogP contribution in [0.3, 0.4) is 0 Å². The summed E-state index contributed by atoms with van der Waals surface area (Å²) in [6.45, 7) is 0. The van der Waals surface area contributed by atoms with Gasteiger partial charge >= 0.3 is 0 Å². The number of hydrogen-bond acceptors (Lipinski definition) is 0. The van der Waals surface area contributed by atoms with Gasteiger partial charge in [0, 0.05) is 21.9 Å². The number of nitrogens with zero attached hydrogens (tertiary/aromatic N) is 1. The zero-order chi connectivity index (χ0) is 37.3. The first-order valence-electron chi connectivity index (χ1n) is 19.4. The second kappa shape index (κ2) is 14.3. The van der Waals surface area contributed by atoms with Gasteiger partial charge in [-0.15, -0.1) is 0 Å². The van der Waals surface area contributed by atoms with Gasteiger partial charge in [0.1, 0.15) is 0 Å². The van der Waals surface area contributed by atoms with E-state index < -0.39 is 8.07 Å². The van der Waals surface area contributed by atoms with E-state index in [0.717, 1.165) is 0 Å². The molecule has 0 atom stereocenters. The van der Waals surface area contributed by atoms with Gasteiger partial charge in [-0.2, -0.15) is 0 Å². The average molecular weight is 730 g/mol. The van der Waals surface area contributed by atoms with Crippen LogP contribution in [0.2, 0.25) is 0 Å². The first-order chi connectivity index (χ1) is 27.8. The average Bonchev–Trinajstić information content (AvgIpc) is 3.62. The van der Waals surface area contributed by atoms with Crippen LogP contribution in [0.4, 0.5) is 0 Å². The summed E-state index contributed by atoms with van der Waals surface area (Å²) >= 11 is 0. The minimum Gasteiger partial charge on any atom is -0.308 e. The third kappa shape index (κ3) is 5.62. The molecule has 9 aromatic carbocycles. The van der Waals surface area contributed by atoms with Crippen LogP contribution in [-0.4, -0.2) is 12.6 Å². The van der Waals surface area contributed by atoms with E-state index in [2.05, 4.69) is 241 Å². The molecule has 0 N–H and O–H groups in total. The van der Waals surface area contributed by atoms with E-state index in [-0.39, 0.29) is 0 Å². The normalized spacial score (nSPS) is 11.6. The molecule has 0 aliphatic heterocycles. The molecule has 10 rings (SSSR count). The van der Waals surface area contributed by atoms with E-state index in [0.29, 0.717) is 0 Å². The Labute approximate surface area is 329 Å². The third-order valence-corrected chi connectivity index (χ3v) is 16.1. The molecule has 0 amide bonds. The molecule has 0 saturated heterocycles. The molecule has 0 spiro atoms. The number of fused-ring (bicyclic) bond motifs is 3. The highest BCUT2D eigenvalue weighted by molar-refractivity contribution is 7.20. The number of hydrogen-bond donors (Lipinski definition) is 0. The first-order valence-corrected chi connectivity index (χ1v) is 21.4. The summed E-state index contributed by atoms with van der Waals surface area (Å²) < 4.78 is 2.53. The van der Waals surface area contributed by atoms with Gasteiger partial charge in [-0.25, -0.2) is 0 Å². The van der Waals surface area contributed by atoms with Crippen molar-refractivity contribution in [3.05, 3.63) is 237 Å². The molecule has 0 bridgehead atoms. The SMILES string of the molecule is c1ccc(-c2ccc3c(c2)c2ccccc2n3-c2c(-c3ccccc3)cc([Si](c3ccccc3)(c3ccccc3)c3ccccc3)cc2-c2ccccc2)cc1. The zero-order valence-electron chi connectivity index (χ0n) is 31.0. The molecule has 1 nitrogen and oxygen atoms in total. The standard InChI is InChI=1S/C54H39NSi/c1-7-21-40(22-8-1)43-35-36-53-51(37-43)48-33-19-20-34-52(48)55(53)54-49(41-23-9-2-10-24-41)38-47(39-50(54)42-25-11-3-12-26-42)56(44-27-13-4-14-28-44,45-29-15-5-16-30-45)46-31-17-6-18-32-46/h1-39H. The zero-order valence-corrected chi connectivity index (χ0v) is 32.0. The summed E-state index contributed by atoms with van der Waals surface area (Å²) in [6.07, 6.45) is 0. The van der Waals surface area contributed by atoms with Gasteiger partial charge in [-0.05, 0) is 61.2 Å². The van der Waals surface area contributed by atoms with Crippen molar-refractivity contribution >= 4 is 50.6 Å². The molecule has 10 aromatic rings. The highest BCUT2D eigenvalue weighted by Gasteiger charge is 2.42. The van der Waals surface area contributed by atoms with Gasteiger partial charge in [-0.3, -0.25) is 0 Å². The Morgan fingerprint density at radius 1 is 0.268 bits per heavy atom. The van der Waals surface area contributed by atoms with Crippen molar-refractivity contribution in [2.75, 3.05) is 0 Å². The van der Waals surface area contributed by atoms with Crippen LogP contribution in [0.5, 0.6) is 0 Å². The molecule has 0 saturated carbocycles. The number of aromatic nitrogens is 1. The van der Waals surface area contributed by atoms with E-state index in [4.69, 9.17) is 0 Å². The molecule has 2 heteroatoms. The van der Waals surface area contributed by atoms with E-state index in [1.807, 2.05) is 0 Å². The summed E-state index contributed by atoms with van der Waals surface area (Å²) in [5.74, 6) is 0. The first kappa shape index (κ1) is 33.6. The summed E-state index contributed by atoms with van der Waals surface area (Å²) in [4.78, 5) is 0. The van der Waals surface area contributed by atoms with Crippen molar-refractivity contribution in [3.8, 4) is 39.1 Å². The summed E-state index contributed by atoms with van der Waals surface area (Å²) in [5, 5.41) is 7.89. The van der Waals surface area contributed by atoms with E-state index in [9.17, 15) is 0 Å². The van der Waals surface area contributed by atoms with E-state index in [1.165, 1.54) is 81.6 Å². The summed E-state index contributed by atoms with van der Waals surface area (Å²) in [5.41, 5.74) is 10.8. The Morgan fingerprint density at radius 3 is 1.14 bits per heavy atom. The van der Waals surface area contributed by atoms with Gasteiger partial charge < -0.3 is 4.57 Å². The molecule has 0 aliphatic rings. The van der Waals surface area contributed by atoms with Crippen molar-refractivity contribution < 1.29 is 0 Å². The van der Waals surface area contributed by atoms with Gasteiger partial charge in [0.05, 0.1) is 16.7 Å². The molecule has 1 heterocycles. The predicted octanol–water partition coefficient (Wildman–Crippen LogP) is 11.2. The molecular formula is C54H39NSi. The van der Waals surface area contributed by atoms with Crippen LogP contribution < -0.4 is 20.7 Å². The lowest BCUT2D eigenvalue weighted by molar-refractivity contribution is 1.18. The maximum absolute atomic E-state index is 2.90. The fraction of sp³-hybridized carbons (Fsp3) is 0. The molecule has 56 heavy (non-hydrogen) atoms. The van der Waals surface area contributed by atoms with Gasteiger partial charge in [0.25, 0.3) is 0 Å². The van der Waals surface area contributed by atoms with Crippen molar-refractivity contribution in [1.82, 2.24) is 4.57 Å². The quantitative estimate of drug-likeness (QED) is 0.108. The van der Waals surface area contributed by atoms with E-state index >= 15 is 0 Å². The Morgan fingerprint density at radius 2 is 0.661 bits per heavy atom. The highest BCUT2D eigenvalue weighted by Crippen LogP contribution is 2.42. The Balaban J connectivity index is 1.38. The van der Waals surface area contributed by atoms with Crippen LogP contribution in [0, 0.1) is 0 Å². The second-order valence-electron chi connectivity index (χ2n) is 14.5. The summed E-state index contributed by atoms with van der Waals surface area (Å²) in [6, 6.07) is 87.4. The smallest absolute Gasteiger partial charge is 0.179 e. The lowest BCUT2D eigenvalue weighted by Gasteiger charge is -2.36. The maximum Gasteiger partial charge on any atom is 0.179 e. The third-order valence-electron chi connectivity index (χ3n) is 11.3. The van der Waals surface area contributed by atoms with Crippen LogP contribution in [0.1, 0.15) is 0 Å². The topological polar surface area (TPSA) is 4.93 Å². The largest absolute Gasteiger partial charge is 0.308 e. The molecular weight excluding hydrogens is 691 g/mol. The van der Waals surface area contributed by atoms with Gasteiger partial charge in [0.2, 0.25) is 0 Å². The van der Waals surface area contributed by atoms with Crippen molar-refractivity contribution in [2.45, 2.75) is 0 Å². The maximum atomic E-state index is 2.54. The van der Waals surface area contributed by atoms with Crippen molar-refractivity contribution in [3.63, 3.8) is 0 Å². The monoisotopic (exact) mass is 729 g/mol. The lowest BCUT2D eigenvalue weighted by atomic mass is 9.95. The Bertz CT molecular complexity index is 2760. The lowest BCUT2D eigenvalue weighted by Crippen LogP contribution is -2.74. The number of para-hydroxylation sites is 1. The van der Waals surface area contributed by atoms with Gasteiger partial charge in [-0.1, -0.05) is 218 Å². The Hall–Kier alpha value is -7.00. The molecule has 1 aromatic heterocycles. The molecule has 0 radical (unpaired) electrons. The second-order valence-corrected chi connectivity index (χ2v) is 18.3. The molecule has 0 fully saturated rings. The molecule has 0 unspecified atom stereocenters. The Kier molecular flexibility index (Phi) is 8.59. The van der Waals surface area contributed by atoms with Crippen molar-refractivity contribution in [1.29, 1.82) is 0 Å². The van der Waals surface area contributed by atoms with Crippen LogP contribution in [0.15, 0.2) is 237 Å². The number of rotatable bonds is 8. The fourth-order valence-corrected chi connectivity index (χ4v) is 13.7. The fourth-order valence-electron chi connectivity index (χ4n) is 8.86. The molecule has 264 valence electrons. The van der Waals surface area contributed by atoms with E-state index in [1.54, 1.807) is 0 Å². The predicted molar refractivity (Wildman–Crippen MR) is 241 cm³/mol. The van der Waals surface area contributed by atoms with Crippen LogP contribution in [-0.2, 0) is 0 Å². The van der Waals surface area contributed by atoms with Gasteiger partial charge in [0.15, 0.2) is 8.07 Å². The minimum absolute atomic E-state index is 1.18. The minimum atomic E-state index is -2.90. The number of benzene rings is 9. The van der Waals surface area contributed by atoms with Crippen molar-refractivity contribution in [2.24, 2.45) is 0 Å². The summed E-state index contributed by atoms with van der Waals surface area (Å²) in [7, 11) is -2.90. The van der Waals surface area contributed by atoms with Crippen LogP contribution >= 0.6 is 0 Å². The highest BCUT2D eigenvalue weighted by atomic mass is 28.3. The molecule has 0 aliphatic carbocycles.